The molecule has 4 nitrogen and oxygen atoms in total. The summed E-state index contributed by atoms with van der Waals surface area (Å²) in [6.45, 7) is 0.369. The molecule has 0 aliphatic heterocycles. The van der Waals surface area contributed by atoms with Gasteiger partial charge in [-0.2, -0.15) is 0 Å². The number of hydrogen-bond acceptors (Lipinski definition) is 4. The van der Waals surface area contributed by atoms with Crippen molar-refractivity contribution in [1.29, 1.82) is 0 Å². The van der Waals surface area contributed by atoms with E-state index in [0.717, 1.165) is 17.7 Å². The lowest BCUT2D eigenvalue weighted by atomic mass is 10.2. The van der Waals surface area contributed by atoms with Crippen LogP contribution in [0.5, 0.6) is 0 Å². The molecule has 1 aliphatic rings. The van der Waals surface area contributed by atoms with E-state index >= 15 is 0 Å². The van der Waals surface area contributed by atoms with Crippen LogP contribution in [0.4, 0.5) is 0 Å². The fraction of sp³-hybridized carbons (Fsp3) is 0.583. The standard InChI is InChI=1S/C12H17NO3S/c1-15-11(16-2)7-13-12(14)10-6-8-4-3-5-9(8)17-10/h6,11H,3-5,7H2,1-2H3,(H,13,14). The van der Waals surface area contributed by atoms with Gasteiger partial charge in [0.1, 0.15) is 0 Å². The van der Waals surface area contributed by atoms with Gasteiger partial charge in [-0.1, -0.05) is 0 Å². The van der Waals surface area contributed by atoms with Crippen molar-refractivity contribution in [3.63, 3.8) is 0 Å². The van der Waals surface area contributed by atoms with Gasteiger partial charge >= 0.3 is 0 Å². The number of amides is 1. The molecular weight excluding hydrogens is 238 g/mol. The Morgan fingerprint density at radius 1 is 1.47 bits per heavy atom. The van der Waals surface area contributed by atoms with E-state index in [0.29, 0.717) is 6.54 Å². The van der Waals surface area contributed by atoms with E-state index in [9.17, 15) is 4.79 Å². The third-order valence-electron chi connectivity index (χ3n) is 2.93. The van der Waals surface area contributed by atoms with E-state index in [4.69, 9.17) is 9.47 Å². The molecule has 0 saturated heterocycles. The second-order valence-corrected chi connectivity index (χ2v) is 5.16. The fourth-order valence-corrected chi connectivity index (χ4v) is 3.14. The molecule has 17 heavy (non-hydrogen) atoms. The molecule has 2 rings (SSSR count). The van der Waals surface area contributed by atoms with Gasteiger partial charge < -0.3 is 14.8 Å². The molecule has 1 amide bonds. The normalized spacial score (nSPS) is 14.1. The minimum atomic E-state index is -0.384. The number of methoxy groups -OCH3 is 2. The molecule has 1 N–H and O–H groups in total. The van der Waals surface area contributed by atoms with Crippen molar-refractivity contribution in [2.24, 2.45) is 0 Å². The highest BCUT2D eigenvalue weighted by atomic mass is 32.1. The predicted octanol–water partition coefficient (Wildman–Crippen LogP) is 1.59. The van der Waals surface area contributed by atoms with Gasteiger partial charge in [0.05, 0.1) is 11.4 Å². The van der Waals surface area contributed by atoms with E-state index in [-0.39, 0.29) is 12.2 Å². The molecule has 0 aromatic carbocycles. The monoisotopic (exact) mass is 255 g/mol. The second kappa shape index (κ2) is 5.62. The van der Waals surface area contributed by atoms with Crippen LogP contribution >= 0.6 is 11.3 Å². The first-order chi connectivity index (χ1) is 8.24. The molecule has 1 aliphatic carbocycles. The SMILES string of the molecule is COC(CNC(=O)c1cc2c(s1)CCC2)OC. The number of hydrogen-bond donors (Lipinski definition) is 1. The Kier molecular flexibility index (Phi) is 4.15. The van der Waals surface area contributed by atoms with Crippen molar-refractivity contribution in [3.05, 3.63) is 21.4 Å². The second-order valence-electron chi connectivity index (χ2n) is 4.02. The topological polar surface area (TPSA) is 47.6 Å². The van der Waals surface area contributed by atoms with Crippen LogP contribution in [0.2, 0.25) is 0 Å². The highest BCUT2D eigenvalue weighted by Crippen LogP contribution is 2.30. The van der Waals surface area contributed by atoms with E-state index in [2.05, 4.69) is 5.32 Å². The Labute approximate surface area is 105 Å². The summed E-state index contributed by atoms with van der Waals surface area (Å²) in [6.07, 6.45) is 3.06. The van der Waals surface area contributed by atoms with Crippen LogP contribution in [0.25, 0.3) is 0 Å². The number of nitrogens with one attached hydrogen (secondary N) is 1. The number of rotatable bonds is 5. The van der Waals surface area contributed by atoms with Crippen LogP contribution in [0, 0.1) is 0 Å². The first-order valence-corrected chi connectivity index (χ1v) is 6.51. The average molecular weight is 255 g/mol. The Morgan fingerprint density at radius 3 is 2.88 bits per heavy atom. The molecule has 0 saturated carbocycles. The van der Waals surface area contributed by atoms with Gasteiger partial charge in [-0.3, -0.25) is 4.79 Å². The minimum absolute atomic E-state index is 0.0384. The lowest BCUT2D eigenvalue weighted by Crippen LogP contribution is -2.33. The number of thiophene rings is 1. The van der Waals surface area contributed by atoms with Crippen molar-refractivity contribution in [3.8, 4) is 0 Å². The average Bonchev–Trinajstić information content (AvgIpc) is 2.90. The van der Waals surface area contributed by atoms with Gasteiger partial charge in [-0.25, -0.2) is 0 Å². The lowest BCUT2D eigenvalue weighted by molar-refractivity contribution is -0.0974. The number of carbonyl (C=O) groups excluding carboxylic acids is 1. The first kappa shape index (κ1) is 12.5. The van der Waals surface area contributed by atoms with Gasteiger partial charge in [0.15, 0.2) is 6.29 Å². The van der Waals surface area contributed by atoms with E-state index < -0.39 is 0 Å². The maximum atomic E-state index is 11.9. The molecule has 0 fully saturated rings. The highest BCUT2D eigenvalue weighted by Gasteiger charge is 2.18. The molecule has 1 aromatic heterocycles. The number of ether oxygens (including phenoxy) is 2. The highest BCUT2D eigenvalue weighted by molar-refractivity contribution is 7.14. The zero-order valence-corrected chi connectivity index (χ0v) is 10.9. The summed E-state index contributed by atoms with van der Waals surface area (Å²) < 4.78 is 10.0. The zero-order valence-electron chi connectivity index (χ0n) is 10.1. The van der Waals surface area contributed by atoms with Crippen molar-refractivity contribution < 1.29 is 14.3 Å². The molecule has 94 valence electrons. The summed E-state index contributed by atoms with van der Waals surface area (Å²) in [7, 11) is 3.11. The Morgan fingerprint density at radius 2 is 2.24 bits per heavy atom. The third-order valence-corrected chi connectivity index (χ3v) is 4.16. The Bertz CT molecular complexity index is 377. The van der Waals surface area contributed by atoms with Gasteiger partial charge in [-0.05, 0) is 30.9 Å². The lowest BCUT2D eigenvalue weighted by Gasteiger charge is -2.13. The zero-order chi connectivity index (χ0) is 12.3. The van der Waals surface area contributed by atoms with Gasteiger partial charge in [0, 0.05) is 19.1 Å². The maximum Gasteiger partial charge on any atom is 0.261 e. The van der Waals surface area contributed by atoms with E-state index in [1.807, 2.05) is 6.07 Å². The molecule has 0 spiro atoms. The molecule has 0 bridgehead atoms. The van der Waals surface area contributed by atoms with Crippen LogP contribution in [0.15, 0.2) is 6.07 Å². The quantitative estimate of drug-likeness (QED) is 0.813. The molecule has 1 aromatic rings. The minimum Gasteiger partial charge on any atom is -0.354 e. The molecule has 0 unspecified atom stereocenters. The van der Waals surface area contributed by atoms with Crippen molar-refractivity contribution in [1.82, 2.24) is 5.32 Å². The molecule has 0 radical (unpaired) electrons. The largest absolute Gasteiger partial charge is 0.354 e. The van der Waals surface area contributed by atoms with Crippen LogP contribution in [0.3, 0.4) is 0 Å². The summed E-state index contributed by atoms with van der Waals surface area (Å²) in [6, 6.07) is 2.01. The smallest absolute Gasteiger partial charge is 0.261 e. The third kappa shape index (κ3) is 2.86. The van der Waals surface area contributed by atoms with E-state index in [1.165, 1.54) is 16.9 Å². The summed E-state index contributed by atoms with van der Waals surface area (Å²) in [5.41, 5.74) is 1.34. The maximum absolute atomic E-state index is 11.9. The van der Waals surface area contributed by atoms with Gasteiger partial charge in [0.2, 0.25) is 0 Å². The van der Waals surface area contributed by atoms with Crippen LogP contribution in [-0.2, 0) is 22.3 Å². The Hall–Kier alpha value is -0.910. The number of carbonyl (C=O) groups is 1. The molecular formula is C12H17NO3S. The number of fused-ring (bicyclic) bond motifs is 1. The van der Waals surface area contributed by atoms with Crippen molar-refractivity contribution in [2.45, 2.75) is 25.6 Å². The molecule has 1 heterocycles. The van der Waals surface area contributed by atoms with E-state index in [1.54, 1.807) is 25.6 Å². The Balaban J connectivity index is 1.91. The van der Waals surface area contributed by atoms with Crippen molar-refractivity contribution >= 4 is 17.2 Å². The van der Waals surface area contributed by atoms with Crippen LogP contribution in [-0.4, -0.2) is 33.0 Å². The molecule has 5 heteroatoms. The fourth-order valence-electron chi connectivity index (χ4n) is 1.97. The summed E-state index contributed by atoms with van der Waals surface area (Å²) in [5, 5.41) is 2.81. The van der Waals surface area contributed by atoms with Crippen LogP contribution < -0.4 is 5.32 Å². The summed E-state index contributed by atoms with van der Waals surface area (Å²) in [4.78, 5) is 14.0. The van der Waals surface area contributed by atoms with Gasteiger partial charge in [0.25, 0.3) is 5.91 Å². The van der Waals surface area contributed by atoms with Crippen molar-refractivity contribution in [2.75, 3.05) is 20.8 Å². The summed E-state index contributed by atoms with van der Waals surface area (Å²) in [5.74, 6) is -0.0384. The summed E-state index contributed by atoms with van der Waals surface area (Å²) >= 11 is 1.60. The number of aryl methyl sites for hydroxylation is 2. The predicted molar refractivity (Wildman–Crippen MR) is 66.5 cm³/mol. The van der Waals surface area contributed by atoms with Crippen LogP contribution in [0.1, 0.15) is 26.5 Å². The molecule has 0 atom stereocenters. The van der Waals surface area contributed by atoms with Gasteiger partial charge in [-0.15, -0.1) is 11.3 Å². The first-order valence-electron chi connectivity index (χ1n) is 5.70.